The smallest absolute Gasteiger partial charge is 0.130 e. The maximum atomic E-state index is 4.59. The monoisotopic (exact) mass is 271 g/mol. The lowest BCUT2D eigenvalue weighted by Gasteiger charge is -2.22. The molecule has 2 aromatic rings. The number of rotatable bonds is 6. The SMILES string of the molecule is CCCNC(c1cc(C)ccc1C)c1nccn1CC. The molecular weight excluding hydrogens is 246 g/mol. The standard InChI is InChI=1S/C17H25N3/c1-5-9-18-16(17-19-10-11-20(17)6-2)15-12-13(3)7-8-14(15)4/h7-8,10-12,16,18H,5-6,9H2,1-4H3. The van der Waals surface area contributed by atoms with Gasteiger partial charge in [-0.2, -0.15) is 0 Å². The summed E-state index contributed by atoms with van der Waals surface area (Å²) in [6.45, 7) is 10.6. The van der Waals surface area contributed by atoms with Gasteiger partial charge in [0.1, 0.15) is 5.82 Å². The van der Waals surface area contributed by atoms with Crippen LogP contribution in [0.15, 0.2) is 30.6 Å². The van der Waals surface area contributed by atoms with Crippen LogP contribution in [0.4, 0.5) is 0 Å². The molecule has 20 heavy (non-hydrogen) atoms. The summed E-state index contributed by atoms with van der Waals surface area (Å²) in [5, 5.41) is 3.65. The van der Waals surface area contributed by atoms with Gasteiger partial charge in [-0.1, -0.05) is 30.7 Å². The van der Waals surface area contributed by atoms with Gasteiger partial charge in [0.05, 0.1) is 6.04 Å². The summed E-state index contributed by atoms with van der Waals surface area (Å²) < 4.78 is 2.22. The van der Waals surface area contributed by atoms with Crippen molar-refractivity contribution in [1.29, 1.82) is 0 Å². The van der Waals surface area contributed by atoms with E-state index in [2.05, 4.69) is 67.0 Å². The van der Waals surface area contributed by atoms with Gasteiger partial charge in [0.25, 0.3) is 0 Å². The number of nitrogens with one attached hydrogen (secondary N) is 1. The molecule has 1 aromatic heterocycles. The van der Waals surface area contributed by atoms with Crippen LogP contribution in [-0.4, -0.2) is 16.1 Å². The number of aromatic nitrogens is 2. The van der Waals surface area contributed by atoms with Crippen LogP contribution >= 0.6 is 0 Å². The highest BCUT2D eigenvalue weighted by molar-refractivity contribution is 5.36. The minimum absolute atomic E-state index is 0.171. The van der Waals surface area contributed by atoms with E-state index in [1.54, 1.807) is 0 Å². The van der Waals surface area contributed by atoms with E-state index in [0.29, 0.717) is 0 Å². The van der Waals surface area contributed by atoms with Gasteiger partial charge in [-0.25, -0.2) is 4.98 Å². The number of benzene rings is 1. The average Bonchev–Trinajstić information content (AvgIpc) is 2.91. The normalized spacial score (nSPS) is 12.6. The van der Waals surface area contributed by atoms with Crippen LogP contribution in [0.2, 0.25) is 0 Å². The zero-order valence-corrected chi connectivity index (χ0v) is 13.0. The molecule has 108 valence electrons. The fourth-order valence-corrected chi connectivity index (χ4v) is 2.55. The average molecular weight is 271 g/mol. The van der Waals surface area contributed by atoms with Gasteiger partial charge in [0, 0.05) is 18.9 Å². The first-order chi connectivity index (χ1) is 9.67. The van der Waals surface area contributed by atoms with Crippen LogP contribution in [0.1, 0.15) is 48.8 Å². The summed E-state index contributed by atoms with van der Waals surface area (Å²) >= 11 is 0. The van der Waals surface area contributed by atoms with Gasteiger partial charge < -0.3 is 9.88 Å². The Kier molecular flexibility index (Phi) is 4.96. The molecule has 3 nitrogen and oxygen atoms in total. The summed E-state index contributed by atoms with van der Waals surface area (Å²) in [5.74, 6) is 1.11. The second-order valence-electron chi connectivity index (χ2n) is 5.32. The lowest BCUT2D eigenvalue weighted by Crippen LogP contribution is -2.27. The molecule has 2 rings (SSSR count). The second kappa shape index (κ2) is 6.71. The van der Waals surface area contributed by atoms with E-state index < -0.39 is 0 Å². The van der Waals surface area contributed by atoms with E-state index in [9.17, 15) is 0 Å². The molecule has 1 heterocycles. The summed E-state index contributed by atoms with van der Waals surface area (Å²) in [5.41, 5.74) is 3.94. The van der Waals surface area contributed by atoms with Crippen LogP contribution < -0.4 is 5.32 Å². The summed E-state index contributed by atoms with van der Waals surface area (Å²) in [7, 11) is 0. The minimum Gasteiger partial charge on any atom is -0.334 e. The van der Waals surface area contributed by atoms with Crippen molar-refractivity contribution in [3.8, 4) is 0 Å². The number of nitrogens with zero attached hydrogens (tertiary/aromatic N) is 2. The summed E-state index contributed by atoms with van der Waals surface area (Å²) in [6.07, 6.45) is 5.07. The van der Waals surface area contributed by atoms with E-state index in [-0.39, 0.29) is 6.04 Å². The van der Waals surface area contributed by atoms with Crippen molar-refractivity contribution in [2.75, 3.05) is 6.54 Å². The molecule has 0 amide bonds. The Balaban J connectivity index is 2.44. The molecule has 1 atom stereocenters. The first-order valence-corrected chi connectivity index (χ1v) is 7.48. The van der Waals surface area contributed by atoms with Gasteiger partial charge in [-0.15, -0.1) is 0 Å². The molecule has 0 radical (unpaired) electrons. The van der Waals surface area contributed by atoms with Crippen molar-refractivity contribution in [3.63, 3.8) is 0 Å². The summed E-state index contributed by atoms with van der Waals surface area (Å²) in [4.78, 5) is 4.59. The van der Waals surface area contributed by atoms with Crippen molar-refractivity contribution >= 4 is 0 Å². The molecule has 0 aliphatic carbocycles. The first-order valence-electron chi connectivity index (χ1n) is 7.48. The molecule has 3 heteroatoms. The second-order valence-corrected chi connectivity index (χ2v) is 5.32. The highest BCUT2D eigenvalue weighted by Crippen LogP contribution is 2.25. The van der Waals surface area contributed by atoms with Crippen molar-refractivity contribution in [2.24, 2.45) is 0 Å². The van der Waals surface area contributed by atoms with Gasteiger partial charge in [-0.05, 0) is 44.9 Å². The molecule has 0 aliphatic heterocycles. The Hall–Kier alpha value is -1.61. The highest BCUT2D eigenvalue weighted by Gasteiger charge is 2.19. The molecule has 1 N–H and O–H groups in total. The molecule has 0 saturated heterocycles. The zero-order chi connectivity index (χ0) is 14.5. The first kappa shape index (κ1) is 14.8. The number of hydrogen-bond donors (Lipinski definition) is 1. The van der Waals surface area contributed by atoms with E-state index in [0.717, 1.165) is 25.3 Å². The van der Waals surface area contributed by atoms with E-state index >= 15 is 0 Å². The molecule has 1 aromatic carbocycles. The van der Waals surface area contributed by atoms with E-state index in [1.165, 1.54) is 16.7 Å². The summed E-state index contributed by atoms with van der Waals surface area (Å²) in [6, 6.07) is 6.81. The maximum absolute atomic E-state index is 4.59. The van der Waals surface area contributed by atoms with Crippen molar-refractivity contribution < 1.29 is 0 Å². The van der Waals surface area contributed by atoms with Crippen LogP contribution in [-0.2, 0) is 6.54 Å². The van der Waals surface area contributed by atoms with Crippen LogP contribution in [0, 0.1) is 13.8 Å². The molecule has 0 bridgehead atoms. The van der Waals surface area contributed by atoms with Crippen LogP contribution in [0.25, 0.3) is 0 Å². The van der Waals surface area contributed by atoms with Crippen molar-refractivity contribution in [3.05, 3.63) is 53.1 Å². The molecule has 0 spiro atoms. The highest BCUT2D eigenvalue weighted by atomic mass is 15.1. The Labute approximate surface area is 122 Å². The molecule has 0 aliphatic rings. The fraction of sp³-hybridized carbons (Fsp3) is 0.471. The van der Waals surface area contributed by atoms with Gasteiger partial charge in [-0.3, -0.25) is 0 Å². The molecule has 0 saturated carbocycles. The van der Waals surface area contributed by atoms with E-state index in [4.69, 9.17) is 0 Å². The van der Waals surface area contributed by atoms with Crippen molar-refractivity contribution in [2.45, 2.75) is 46.7 Å². The molecule has 1 unspecified atom stereocenters. The lowest BCUT2D eigenvalue weighted by atomic mass is 9.98. The quantitative estimate of drug-likeness (QED) is 0.870. The zero-order valence-electron chi connectivity index (χ0n) is 13.0. The Morgan fingerprint density at radius 3 is 2.75 bits per heavy atom. The topological polar surface area (TPSA) is 29.9 Å². The predicted octanol–water partition coefficient (Wildman–Crippen LogP) is 3.61. The third kappa shape index (κ3) is 3.10. The fourth-order valence-electron chi connectivity index (χ4n) is 2.55. The minimum atomic E-state index is 0.171. The van der Waals surface area contributed by atoms with Crippen LogP contribution in [0.5, 0.6) is 0 Å². The lowest BCUT2D eigenvalue weighted by molar-refractivity contribution is 0.539. The Morgan fingerprint density at radius 1 is 1.25 bits per heavy atom. The van der Waals surface area contributed by atoms with Crippen molar-refractivity contribution in [1.82, 2.24) is 14.9 Å². The van der Waals surface area contributed by atoms with Crippen LogP contribution in [0.3, 0.4) is 0 Å². The Bertz CT molecular complexity index is 557. The third-order valence-corrected chi connectivity index (χ3v) is 3.69. The maximum Gasteiger partial charge on any atom is 0.130 e. The molecule has 0 fully saturated rings. The van der Waals surface area contributed by atoms with Gasteiger partial charge >= 0.3 is 0 Å². The Morgan fingerprint density at radius 2 is 2.05 bits per heavy atom. The third-order valence-electron chi connectivity index (χ3n) is 3.69. The molecular formula is C17H25N3. The predicted molar refractivity (Wildman–Crippen MR) is 84.0 cm³/mol. The van der Waals surface area contributed by atoms with E-state index in [1.807, 2.05) is 6.20 Å². The van der Waals surface area contributed by atoms with Gasteiger partial charge in [0.2, 0.25) is 0 Å². The largest absolute Gasteiger partial charge is 0.334 e. The van der Waals surface area contributed by atoms with Gasteiger partial charge in [0.15, 0.2) is 0 Å². The number of hydrogen-bond acceptors (Lipinski definition) is 2. The number of imidazole rings is 1. The number of aryl methyl sites for hydroxylation is 3.